The van der Waals surface area contributed by atoms with Gasteiger partial charge in [0.2, 0.25) is 0 Å². The van der Waals surface area contributed by atoms with E-state index in [0.717, 1.165) is 18.2 Å². The number of hydrogen-bond donors (Lipinski definition) is 3. The van der Waals surface area contributed by atoms with E-state index in [-0.39, 0.29) is 24.7 Å². The first-order valence-corrected chi connectivity index (χ1v) is 6.87. The van der Waals surface area contributed by atoms with Crippen LogP contribution in [0.4, 0.5) is 10.1 Å². The summed E-state index contributed by atoms with van der Waals surface area (Å²) in [7, 11) is 4.91. The summed E-state index contributed by atoms with van der Waals surface area (Å²) in [6, 6.07) is 1.80. The summed E-state index contributed by atoms with van der Waals surface area (Å²) in [5.74, 6) is -0.813. The minimum absolute atomic E-state index is 0.105. The molecule has 1 aromatic carbocycles. The van der Waals surface area contributed by atoms with E-state index in [0.29, 0.717) is 0 Å². The molecule has 0 spiro atoms. The van der Waals surface area contributed by atoms with Crippen LogP contribution in [0.15, 0.2) is 18.2 Å². The van der Waals surface area contributed by atoms with Crippen LogP contribution in [0, 0.1) is 15.9 Å². The minimum Gasteiger partial charge on any atom is -0.482 e. The maximum atomic E-state index is 13.3. The largest absolute Gasteiger partial charge is 0.482 e. The molecule has 1 aromatic rings. The summed E-state index contributed by atoms with van der Waals surface area (Å²) in [6.07, 6.45) is 0. The van der Waals surface area contributed by atoms with Gasteiger partial charge in [0.1, 0.15) is 12.4 Å². The van der Waals surface area contributed by atoms with Gasteiger partial charge in [0.15, 0.2) is 11.5 Å². The quantitative estimate of drug-likeness (QED) is 0.368. The Hall–Kier alpha value is -1.85. The number of likely N-dealkylation sites (N-methyl/N-ethyl adjacent to an activating group) is 1. The van der Waals surface area contributed by atoms with Gasteiger partial charge in [-0.15, -0.1) is 0 Å². The van der Waals surface area contributed by atoms with Crippen LogP contribution in [0.1, 0.15) is 0 Å². The fourth-order valence-corrected chi connectivity index (χ4v) is 2.14. The number of halogens is 1. The molecule has 1 atom stereocenters. The molecule has 0 amide bonds. The van der Waals surface area contributed by atoms with Crippen LogP contribution in [-0.2, 0) is 9.47 Å². The van der Waals surface area contributed by atoms with Crippen molar-refractivity contribution >= 4 is 5.69 Å². The first kappa shape index (κ1) is 17.5. The van der Waals surface area contributed by atoms with E-state index in [1.165, 1.54) is 0 Å². The lowest BCUT2D eigenvalue weighted by Gasteiger charge is -2.31. The minimum atomic E-state index is -1.21. The van der Waals surface area contributed by atoms with Gasteiger partial charge in [0.25, 0.3) is 6.03 Å². The van der Waals surface area contributed by atoms with Crippen LogP contribution in [0.2, 0.25) is 0 Å². The SMILES string of the molecule is CNC1(COc2cc(F)ccc2[N+](=O)[O-])COC(NC)(NC)O1. The van der Waals surface area contributed by atoms with Crippen LogP contribution in [0.3, 0.4) is 0 Å². The molecule has 0 bridgehead atoms. The second kappa shape index (κ2) is 6.72. The highest BCUT2D eigenvalue weighted by Gasteiger charge is 2.50. The second-order valence-electron chi connectivity index (χ2n) is 4.91. The van der Waals surface area contributed by atoms with Crippen LogP contribution in [0.5, 0.6) is 5.75 Å². The number of nitrogens with zero attached hydrogens (tertiary/aromatic N) is 1. The second-order valence-corrected chi connectivity index (χ2v) is 4.91. The van der Waals surface area contributed by atoms with Gasteiger partial charge in [0, 0.05) is 12.1 Å². The van der Waals surface area contributed by atoms with Crippen LogP contribution in [0.25, 0.3) is 0 Å². The monoisotopic (exact) mass is 330 g/mol. The molecule has 1 heterocycles. The Morgan fingerprint density at radius 3 is 2.57 bits per heavy atom. The molecule has 1 saturated heterocycles. The van der Waals surface area contributed by atoms with Gasteiger partial charge in [-0.25, -0.2) is 4.39 Å². The smallest absolute Gasteiger partial charge is 0.311 e. The summed E-state index contributed by atoms with van der Waals surface area (Å²) in [5.41, 5.74) is -1.39. The summed E-state index contributed by atoms with van der Waals surface area (Å²) in [6.45, 7) is -0.0206. The van der Waals surface area contributed by atoms with Crippen molar-refractivity contribution in [2.45, 2.75) is 11.8 Å². The highest BCUT2D eigenvalue weighted by atomic mass is 19.1. The highest BCUT2D eigenvalue weighted by molar-refractivity contribution is 5.46. The molecule has 1 aliphatic heterocycles. The molecule has 10 heteroatoms. The normalized spacial score (nSPS) is 23.0. The number of nitro benzene ring substituents is 1. The van der Waals surface area contributed by atoms with Crippen molar-refractivity contribution in [2.75, 3.05) is 34.4 Å². The maximum absolute atomic E-state index is 13.3. The lowest BCUT2D eigenvalue weighted by Crippen LogP contribution is -2.59. The summed E-state index contributed by atoms with van der Waals surface area (Å²) in [5, 5.41) is 19.6. The molecule has 23 heavy (non-hydrogen) atoms. The number of ether oxygens (including phenoxy) is 3. The first-order valence-electron chi connectivity index (χ1n) is 6.87. The first-order chi connectivity index (χ1) is 10.9. The Morgan fingerprint density at radius 2 is 2.04 bits per heavy atom. The van der Waals surface area contributed by atoms with Crippen molar-refractivity contribution < 1.29 is 23.5 Å². The maximum Gasteiger partial charge on any atom is 0.311 e. The third-order valence-corrected chi connectivity index (χ3v) is 3.54. The molecule has 0 saturated carbocycles. The van der Waals surface area contributed by atoms with E-state index in [1.54, 1.807) is 21.1 Å². The molecule has 1 unspecified atom stereocenters. The van der Waals surface area contributed by atoms with Crippen molar-refractivity contribution in [1.82, 2.24) is 16.0 Å². The van der Waals surface area contributed by atoms with Gasteiger partial charge >= 0.3 is 5.69 Å². The molecule has 3 N–H and O–H groups in total. The van der Waals surface area contributed by atoms with Gasteiger partial charge < -0.3 is 9.47 Å². The van der Waals surface area contributed by atoms with Gasteiger partial charge in [-0.05, 0) is 27.2 Å². The van der Waals surface area contributed by atoms with Gasteiger partial charge in [-0.1, -0.05) is 0 Å². The Bertz CT molecular complexity index is 583. The van der Waals surface area contributed by atoms with Crippen molar-refractivity contribution in [2.24, 2.45) is 0 Å². The van der Waals surface area contributed by atoms with E-state index in [4.69, 9.17) is 14.2 Å². The zero-order chi connectivity index (χ0) is 17.1. The van der Waals surface area contributed by atoms with Gasteiger partial charge in [0.05, 0.1) is 11.5 Å². The average Bonchev–Trinajstić information content (AvgIpc) is 2.93. The summed E-state index contributed by atoms with van der Waals surface area (Å²) in [4.78, 5) is 10.3. The van der Waals surface area contributed by atoms with E-state index in [1.807, 2.05) is 0 Å². The standard InChI is InChI=1S/C13H19FN4O5/c1-15-12(8-22-13(16-2,17-3)23-12)7-21-11-6-9(14)4-5-10(11)18(19)20/h4-6,15-17H,7-8H2,1-3H3. The van der Waals surface area contributed by atoms with E-state index in [2.05, 4.69) is 16.0 Å². The van der Waals surface area contributed by atoms with Crippen molar-refractivity contribution in [1.29, 1.82) is 0 Å². The summed E-state index contributed by atoms with van der Waals surface area (Å²) >= 11 is 0. The third kappa shape index (κ3) is 3.57. The number of nitro groups is 1. The molecule has 0 radical (unpaired) electrons. The van der Waals surface area contributed by atoms with Crippen LogP contribution in [-0.4, -0.2) is 51.0 Å². The van der Waals surface area contributed by atoms with Crippen LogP contribution >= 0.6 is 0 Å². The van der Waals surface area contributed by atoms with Gasteiger partial charge in [-0.3, -0.25) is 30.8 Å². The Kier molecular flexibility index (Phi) is 5.12. The summed E-state index contributed by atoms with van der Waals surface area (Å²) < 4.78 is 30.1. The predicted octanol–water partition coefficient (Wildman–Crippen LogP) is 0.125. The fourth-order valence-electron chi connectivity index (χ4n) is 2.14. The van der Waals surface area contributed by atoms with Crippen LogP contribution < -0.4 is 20.7 Å². The van der Waals surface area contributed by atoms with Crippen molar-refractivity contribution in [3.8, 4) is 5.75 Å². The molecule has 1 fully saturated rings. The molecule has 9 nitrogen and oxygen atoms in total. The van der Waals surface area contributed by atoms with E-state index >= 15 is 0 Å². The molecular weight excluding hydrogens is 311 g/mol. The Balaban J connectivity index is 2.16. The number of rotatable bonds is 7. The topological polar surface area (TPSA) is 107 Å². The molecule has 128 valence electrons. The van der Waals surface area contributed by atoms with E-state index in [9.17, 15) is 14.5 Å². The Labute approximate surface area is 132 Å². The molecule has 2 rings (SSSR count). The number of hydrogen-bond acceptors (Lipinski definition) is 8. The Morgan fingerprint density at radius 1 is 1.35 bits per heavy atom. The molecule has 0 aliphatic carbocycles. The van der Waals surface area contributed by atoms with Crippen molar-refractivity contribution in [3.63, 3.8) is 0 Å². The lowest BCUT2D eigenvalue weighted by atomic mass is 10.2. The third-order valence-electron chi connectivity index (χ3n) is 3.54. The predicted molar refractivity (Wildman–Crippen MR) is 78.2 cm³/mol. The fraction of sp³-hybridized carbons (Fsp3) is 0.538. The average molecular weight is 330 g/mol. The molecular formula is C13H19FN4O5. The molecule has 1 aliphatic rings. The zero-order valence-corrected chi connectivity index (χ0v) is 13.0. The zero-order valence-electron chi connectivity index (χ0n) is 13.0. The van der Waals surface area contributed by atoms with Crippen molar-refractivity contribution in [3.05, 3.63) is 34.1 Å². The highest BCUT2D eigenvalue weighted by Crippen LogP contribution is 2.31. The number of nitrogens with one attached hydrogen (secondary N) is 3. The number of benzene rings is 1. The van der Waals surface area contributed by atoms with E-state index < -0.39 is 22.5 Å². The molecule has 0 aromatic heterocycles. The van der Waals surface area contributed by atoms with Gasteiger partial charge in [-0.2, -0.15) is 0 Å². The lowest BCUT2D eigenvalue weighted by molar-refractivity contribution is -0.386.